The number of halogens is 1. The lowest BCUT2D eigenvalue weighted by atomic mass is 10.1. The number of fused-ring (bicyclic) bond motifs is 1. The summed E-state index contributed by atoms with van der Waals surface area (Å²) >= 11 is 3.44. The van der Waals surface area contributed by atoms with Crippen LogP contribution in [0.4, 0.5) is 0 Å². The van der Waals surface area contributed by atoms with Crippen LogP contribution >= 0.6 is 15.9 Å². The van der Waals surface area contributed by atoms with Gasteiger partial charge in [-0.3, -0.25) is 0 Å². The molecule has 0 unspecified atom stereocenters. The number of pyridine rings is 1. The number of hydrogen-bond acceptors (Lipinski definition) is 1. The summed E-state index contributed by atoms with van der Waals surface area (Å²) in [6, 6.07) is 18.7. The molecule has 0 saturated carbocycles. The van der Waals surface area contributed by atoms with E-state index in [1.54, 1.807) is 0 Å². The second kappa shape index (κ2) is 5.59. The van der Waals surface area contributed by atoms with Gasteiger partial charge in [-0.15, -0.1) is 0 Å². The van der Waals surface area contributed by atoms with Crippen LogP contribution in [-0.4, -0.2) is 4.98 Å². The minimum absolute atomic E-state index is 0.976. The van der Waals surface area contributed by atoms with Crippen molar-refractivity contribution < 1.29 is 0 Å². The molecule has 0 N–H and O–H groups in total. The zero-order chi connectivity index (χ0) is 13.9. The molecule has 0 radical (unpaired) electrons. The van der Waals surface area contributed by atoms with Crippen LogP contribution < -0.4 is 0 Å². The number of rotatable bonds is 2. The Morgan fingerprint density at radius 1 is 0.900 bits per heavy atom. The molecule has 2 heteroatoms. The van der Waals surface area contributed by atoms with Crippen molar-refractivity contribution in [3.63, 3.8) is 0 Å². The first-order chi connectivity index (χ1) is 9.70. The molecule has 0 aliphatic heterocycles. The topological polar surface area (TPSA) is 12.9 Å². The molecule has 0 aliphatic carbocycles. The molecule has 0 bridgehead atoms. The molecule has 20 heavy (non-hydrogen) atoms. The summed E-state index contributed by atoms with van der Waals surface area (Å²) in [6.07, 6.45) is 4.12. The third kappa shape index (κ3) is 2.97. The first-order valence-electron chi connectivity index (χ1n) is 6.52. The smallest absolute Gasteiger partial charge is 0.0709 e. The van der Waals surface area contributed by atoms with Crippen molar-refractivity contribution in [3.8, 4) is 0 Å². The van der Waals surface area contributed by atoms with Crippen molar-refractivity contribution in [2.24, 2.45) is 0 Å². The Morgan fingerprint density at radius 3 is 2.50 bits per heavy atom. The molecule has 0 spiro atoms. The van der Waals surface area contributed by atoms with Crippen molar-refractivity contribution in [1.29, 1.82) is 0 Å². The second-order valence-electron chi connectivity index (χ2n) is 4.82. The molecule has 3 rings (SSSR count). The second-order valence-corrected chi connectivity index (χ2v) is 5.73. The van der Waals surface area contributed by atoms with Crippen LogP contribution in [0.2, 0.25) is 0 Å². The lowest BCUT2D eigenvalue weighted by Gasteiger charge is -2.00. The van der Waals surface area contributed by atoms with Gasteiger partial charge >= 0.3 is 0 Å². The Kier molecular flexibility index (Phi) is 3.66. The number of aryl methyl sites for hydroxylation is 1. The Bertz CT molecular complexity index is 773. The van der Waals surface area contributed by atoms with Gasteiger partial charge in [0.25, 0.3) is 0 Å². The highest BCUT2D eigenvalue weighted by Crippen LogP contribution is 2.16. The van der Waals surface area contributed by atoms with Crippen LogP contribution in [0.15, 0.2) is 59.1 Å². The molecule has 1 nitrogen and oxygen atoms in total. The zero-order valence-electron chi connectivity index (χ0n) is 11.2. The monoisotopic (exact) mass is 323 g/mol. The Balaban J connectivity index is 1.90. The maximum Gasteiger partial charge on any atom is 0.0709 e. The van der Waals surface area contributed by atoms with Crippen LogP contribution in [-0.2, 0) is 0 Å². The van der Waals surface area contributed by atoms with Gasteiger partial charge in [-0.25, -0.2) is 4.98 Å². The van der Waals surface area contributed by atoms with Crippen molar-refractivity contribution in [3.05, 3.63) is 75.9 Å². The maximum atomic E-state index is 4.65. The van der Waals surface area contributed by atoms with Gasteiger partial charge in [0, 0.05) is 9.86 Å². The zero-order valence-corrected chi connectivity index (χ0v) is 12.8. The fourth-order valence-electron chi connectivity index (χ4n) is 2.11. The third-order valence-electron chi connectivity index (χ3n) is 3.18. The van der Waals surface area contributed by atoms with Gasteiger partial charge in [0.05, 0.1) is 11.2 Å². The molecule has 0 atom stereocenters. The maximum absolute atomic E-state index is 4.65. The van der Waals surface area contributed by atoms with E-state index in [2.05, 4.69) is 76.4 Å². The normalized spacial score (nSPS) is 11.3. The average Bonchev–Trinajstić information content (AvgIpc) is 2.46. The molecule has 1 aromatic heterocycles. The van der Waals surface area contributed by atoms with Crippen LogP contribution in [0.1, 0.15) is 16.8 Å². The van der Waals surface area contributed by atoms with E-state index in [-0.39, 0.29) is 0 Å². The Labute approximate surface area is 127 Å². The van der Waals surface area contributed by atoms with Gasteiger partial charge in [-0.2, -0.15) is 0 Å². The molecular formula is C18H14BrN. The Hall–Kier alpha value is -1.93. The van der Waals surface area contributed by atoms with Gasteiger partial charge in [0.1, 0.15) is 0 Å². The highest BCUT2D eigenvalue weighted by molar-refractivity contribution is 9.10. The summed E-state index contributed by atoms with van der Waals surface area (Å²) in [5.74, 6) is 0. The van der Waals surface area contributed by atoms with E-state index in [1.807, 2.05) is 18.2 Å². The van der Waals surface area contributed by atoms with Crippen molar-refractivity contribution >= 4 is 39.0 Å². The van der Waals surface area contributed by atoms with Gasteiger partial charge in [-0.05, 0) is 48.9 Å². The van der Waals surface area contributed by atoms with Crippen LogP contribution in [0, 0.1) is 6.92 Å². The molecule has 2 aromatic carbocycles. The fraction of sp³-hybridized carbons (Fsp3) is 0.0556. The van der Waals surface area contributed by atoms with Crippen LogP contribution in [0.3, 0.4) is 0 Å². The summed E-state index contributed by atoms with van der Waals surface area (Å²) in [7, 11) is 0. The lowest BCUT2D eigenvalue weighted by molar-refractivity contribution is 1.36. The first kappa shape index (κ1) is 13.1. The van der Waals surface area contributed by atoms with Crippen molar-refractivity contribution in [2.75, 3.05) is 0 Å². The fourth-order valence-corrected chi connectivity index (χ4v) is 2.37. The van der Waals surface area contributed by atoms with E-state index < -0.39 is 0 Å². The average molecular weight is 324 g/mol. The van der Waals surface area contributed by atoms with E-state index in [0.29, 0.717) is 0 Å². The summed E-state index contributed by atoms with van der Waals surface area (Å²) in [6.45, 7) is 2.10. The summed E-state index contributed by atoms with van der Waals surface area (Å²) in [4.78, 5) is 4.65. The number of aromatic nitrogens is 1. The van der Waals surface area contributed by atoms with E-state index in [0.717, 1.165) is 15.7 Å². The summed E-state index contributed by atoms with van der Waals surface area (Å²) < 4.78 is 1.09. The number of benzene rings is 2. The van der Waals surface area contributed by atoms with Gasteiger partial charge < -0.3 is 0 Å². The van der Waals surface area contributed by atoms with Gasteiger partial charge in [0.2, 0.25) is 0 Å². The number of nitrogens with zero attached hydrogens (tertiary/aromatic N) is 1. The molecule has 3 aromatic rings. The minimum atomic E-state index is 0.976. The van der Waals surface area contributed by atoms with Gasteiger partial charge in [0.15, 0.2) is 0 Å². The number of hydrogen-bond donors (Lipinski definition) is 0. The molecule has 0 aliphatic rings. The van der Waals surface area contributed by atoms with E-state index >= 15 is 0 Å². The highest BCUT2D eigenvalue weighted by Gasteiger charge is 1.96. The van der Waals surface area contributed by atoms with Crippen molar-refractivity contribution in [2.45, 2.75) is 6.92 Å². The molecule has 0 saturated heterocycles. The molecule has 0 amide bonds. The standard InChI is InChI=1S/C18H14BrN/c1-13-2-11-18-15(12-13)6-10-17(20-18)9-5-14-3-7-16(19)8-4-14/h2-12H,1H3. The van der Waals surface area contributed by atoms with E-state index in [9.17, 15) is 0 Å². The van der Waals surface area contributed by atoms with E-state index in [4.69, 9.17) is 0 Å². The van der Waals surface area contributed by atoms with E-state index in [1.165, 1.54) is 16.5 Å². The molecule has 98 valence electrons. The first-order valence-corrected chi connectivity index (χ1v) is 7.31. The summed E-state index contributed by atoms with van der Waals surface area (Å²) in [5, 5.41) is 1.19. The summed E-state index contributed by atoms with van der Waals surface area (Å²) in [5.41, 5.74) is 4.44. The predicted molar refractivity (Wildman–Crippen MR) is 89.6 cm³/mol. The molecule has 1 heterocycles. The SMILES string of the molecule is Cc1ccc2nc(C=Cc3ccc(Br)cc3)ccc2c1. The van der Waals surface area contributed by atoms with Crippen molar-refractivity contribution in [1.82, 2.24) is 4.98 Å². The minimum Gasteiger partial charge on any atom is -0.248 e. The quantitative estimate of drug-likeness (QED) is 0.608. The van der Waals surface area contributed by atoms with Crippen LogP contribution in [0.5, 0.6) is 0 Å². The predicted octanol–water partition coefficient (Wildman–Crippen LogP) is 5.48. The molecule has 0 fully saturated rings. The van der Waals surface area contributed by atoms with Crippen LogP contribution in [0.25, 0.3) is 23.1 Å². The van der Waals surface area contributed by atoms with Gasteiger partial charge in [-0.1, -0.05) is 51.8 Å². The Morgan fingerprint density at radius 2 is 1.70 bits per heavy atom. The lowest BCUT2D eigenvalue weighted by Crippen LogP contribution is -1.84. The highest BCUT2D eigenvalue weighted by atomic mass is 79.9. The molecular weight excluding hydrogens is 310 g/mol. The largest absolute Gasteiger partial charge is 0.248 e. The third-order valence-corrected chi connectivity index (χ3v) is 3.71.